The summed E-state index contributed by atoms with van der Waals surface area (Å²) in [6, 6.07) is 16.3. The summed E-state index contributed by atoms with van der Waals surface area (Å²) in [4.78, 5) is 12.7. The Kier molecular flexibility index (Phi) is 6.96. The van der Waals surface area contributed by atoms with Crippen LogP contribution in [0.5, 0.6) is 0 Å². The van der Waals surface area contributed by atoms with Crippen LogP contribution in [-0.4, -0.2) is 30.0 Å². The van der Waals surface area contributed by atoms with E-state index in [-0.39, 0.29) is 12.1 Å². The third-order valence-corrected chi connectivity index (χ3v) is 4.68. The summed E-state index contributed by atoms with van der Waals surface area (Å²) in [7, 11) is 0.478. The van der Waals surface area contributed by atoms with Crippen LogP contribution in [0.25, 0.3) is 0 Å². The predicted octanol–water partition coefficient (Wildman–Crippen LogP) is 3.15. The summed E-state index contributed by atoms with van der Waals surface area (Å²) in [6.45, 7) is 2.31. The molecule has 0 aliphatic heterocycles. The van der Waals surface area contributed by atoms with Crippen LogP contribution in [0.2, 0.25) is 0 Å². The topological polar surface area (TPSA) is 67.4 Å². The number of rotatable bonds is 7. The molecule has 2 aromatic carbocycles. The van der Waals surface area contributed by atoms with Crippen molar-refractivity contribution < 1.29 is 13.7 Å². The van der Waals surface area contributed by atoms with E-state index < -0.39 is 10.8 Å². The highest BCUT2D eigenvalue weighted by atomic mass is 32.2. The van der Waals surface area contributed by atoms with Gasteiger partial charge in [-0.15, -0.1) is 0 Å². The number of carbonyl (C=O) groups excluding carboxylic acids is 1. The van der Waals surface area contributed by atoms with Crippen molar-refractivity contribution in [3.05, 3.63) is 60.2 Å². The van der Waals surface area contributed by atoms with Crippen molar-refractivity contribution in [1.29, 1.82) is 0 Å². The number of amides is 2. The molecule has 0 heterocycles. The number of carbonyl (C=O) groups is 1. The molecule has 0 unspecified atom stereocenters. The van der Waals surface area contributed by atoms with Gasteiger partial charge in [0.1, 0.15) is 0 Å². The van der Waals surface area contributed by atoms with Crippen molar-refractivity contribution >= 4 is 22.5 Å². The number of benzene rings is 2. The quantitative estimate of drug-likeness (QED) is 0.809. The molecule has 128 valence electrons. The maximum Gasteiger partial charge on any atom is 0.319 e. The van der Waals surface area contributed by atoms with Gasteiger partial charge in [0.15, 0.2) is 0 Å². The van der Waals surface area contributed by atoms with E-state index in [1.54, 1.807) is 13.2 Å². The van der Waals surface area contributed by atoms with E-state index in [2.05, 4.69) is 10.6 Å². The smallest absolute Gasteiger partial charge is 0.319 e. The Hall–Kier alpha value is -2.18. The third-order valence-electron chi connectivity index (χ3n) is 3.28. The van der Waals surface area contributed by atoms with Gasteiger partial charge in [0.2, 0.25) is 0 Å². The molecule has 5 nitrogen and oxygen atoms in total. The highest BCUT2D eigenvalue weighted by molar-refractivity contribution is 7.84. The molecule has 0 aromatic heterocycles. The molecule has 24 heavy (non-hydrogen) atoms. The summed E-state index contributed by atoms with van der Waals surface area (Å²) in [5, 5.41) is 5.56. The van der Waals surface area contributed by atoms with E-state index in [4.69, 9.17) is 4.74 Å². The molecule has 0 bridgehead atoms. The summed E-state index contributed by atoms with van der Waals surface area (Å²) < 4.78 is 17.3. The monoisotopic (exact) mass is 346 g/mol. The first kappa shape index (κ1) is 18.2. The van der Waals surface area contributed by atoms with E-state index in [0.717, 1.165) is 10.5 Å². The summed E-state index contributed by atoms with van der Waals surface area (Å²) in [5.41, 5.74) is 1.57. The Labute approximate surface area is 144 Å². The lowest BCUT2D eigenvalue weighted by atomic mass is 10.2. The minimum Gasteiger partial charge on any atom is -0.383 e. The molecule has 0 saturated heterocycles. The van der Waals surface area contributed by atoms with Crippen LogP contribution in [0.15, 0.2) is 59.5 Å². The molecule has 2 atom stereocenters. The second-order valence-electron chi connectivity index (χ2n) is 5.46. The van der Waals surface area contributed by atoms with Gasteiger partial charge in [-0.3, -0.25) is 4.21 Å². The first-order valence-corrected chi connectivity index (χ1v) is 8.99. The first-order valence-electron chi connectivity index (χ1n) is 7.67. The van der Waals surface area contributed by atoms with E-state index in [1.807, 2.05) is 55.5 Å². The zero-order chi connectivity index (χ0) is 17.4. The van der Waals surface area contributed by atoms with Gasteiger partial charge >= 0.3 is 6.03 Å². The molecule has 0 radical (unpaired) electrons. The van der Waals surface area contributed by atoms with Gasteiger partial charge in [-0.1, -0.05) is 30.3 Å². The molecule has 2 rings (SSSR count). The van der Waals surface area contributed by atoms with Crippen LogP contribution in [0.3, 0.4) is 0 Å². The lowest BCUT2D eigenvalue weighted by molar-refractivity contribution is 0.173. The fourth-order valence-corrected chi connectivity index (χ4v) is 3.34. The van der Waals surface area contributed by atoms with E-state index in [1.165, 1.54) is 0 Å². The van der Waals surface area contributed by atoms with Gasteiger partial charge in [0, 0.05) is 17.7 Å². The Morgan fingerprint density at radius 2 is 1.92 bits per heavy atom. The van der Waals surface area contributed by atoms with E-state index >= 15 is 0 Å². The van der Waals surface area contributed by atoms with Crippen LogP contribution in [-0.2, 0) is 21.3 Å². The minimum absolute atomic E-state index is 0.0798. The van der Waals surface area contributed by atoms with Gasteiger partial charge < -0.3 is 15.4 Å². The molecule has 0 aliphatic rings. The molecule has 2 aromatic rings. The summed E-state index contributed by atoms with van der Waals surface area (Å²) in [5.74, 6) is 0.404. The fraction of sp³-hybridized carbons (Fsp3) is 0.278. The van der Waals surface area contributed by atoms with Gasteiger partial charge in [0.25, 0.3) is 0 Å². The van der Waals surface area contributed by atoms with E-state index in [0.29, 0.717) is 18.0 Å². The highest BCUT2D eigenvalue weighted by Gasteiger charge is 2.09. The highest BCUT2D eigenvalue weighted by Crippen LogP contribution is 2.16. The maximum absolute atomic E-state index is 12.4. The zero-order valence-corrected chi connectivity index (χ0v) is 14.6. The van der Waals surface area contributed by atoms with Crippen molar-refractivity contribution in [2.75, 3.05) is 19.0 Å². The van der Waals surface area contributed by atoms with Gasteiger partial charge in [0.05, 0.1) is 29.2 Å². The molecule has 0 spiro atoms. The normalized spacial score (nSPS) is 13.1. The van der Waals surface area contributed by atoms with Crippen molar-refractivity contribution in [3.8, 4) is 0 Å². The number of nitrogens with one attached hydrogen (secondary N) is 2. The Morgan fingerprint density at radius 3 is 2.62 bits per heavy atom. The van der Waals surface area contributed by atoms with E-state index in [9.17, 15) is 9.00 Å². The molecule has 0 saturated carbocycles. The number of hydrogen-bond acceptors (Lipinski definition) is 3. The average Bonchev–Trinajstić information content (AvgIpc) is 2.56. The largest absolute Gasteiger partial charge is 0.383 e. The number of ether oxygens (including phenoxy) is 1. The van der Waals surface area contributed by atoms with Crippen LogP contribution in [0.1, 0.15) is 12.5 Å². The standard InChI is InChI=1S/C18H22N2O3S/c1-14(12-23-2)19-18(21)20-16-8-6-7-15(11-16)13-24(22)17-9-4-3-5-10-17/h3-11,14H,12-13H2,1-2H3,(H2,19,20,21)/t14-,24-/m0/s1. The second-order valence-corrected chi connectivity index (χ2v) is 6.91. The molecule has 0 aliphatic carbocycles. The SMILES string of the molecule is COC[C@H](C)NC(=O)Nc1cccc(C[S@](=O)c2ccccc2)c1. The molecule has 2 N–H and O–H groups in total. The van der Waals surface area contributed by atoms with Crippen LogP contribution in [0.4, 0.5) is 10.5 Å². The van der Waals surface area contributed by atoms with Crippen LogP contribution in [0, 0.1) is 0 Å². The van der Waals surface area contributed by atoms with Crippen molar-refractivity contribution in [2.45, 2.75) is 23.6 Å². The third kappa shape index (κ3) is 5.79. The minimum atomic E-state index is -1.11. The number of anilines is 1. The summed E-state index contributed by atoms with van der Waals surface area (Å²) >= 11 is 0. The first-order chi connectivity index (χ1) is 11.6. The molecule has 6 heteroatoms. The van der Waals surface area contributed by atoms with Gasteiger partial charge in [-0.2, -0.15) is 0 Å². The summed E-state index contributed by atoms with van der Waals surface area (Å²) in [6.07, 6.45) is 0. The van der Waals surface area contributed by atoms with Crippen LogP contribution < -0.4 is 10.6 Å². The maximum atomic E-state index is 12.4. The lowest BCUT2D eigenvalue weighted by Gasteiger charge is -2.14. The zero-order valence-electron chi connectivity index (χ0n) is 13.8. The van der Waals surface area contributed by atoms with Crippen molar-refractivity contribution in [1.82, 2.24) is 5.32 Å². The fourth-order valence-electron chi connectivity index (χ4n) is 2.23. The second kappa shape index (κ2) is 9.20. The molecular weight excluding hydrogens is 324 g/mol. The predicted molar refractivity (Wildman–Crippen MR) is 96.5 cm³/mol. The number of methoxy groups -OCH3 is 1. The Balaban J connectivity index is 1.96. The van der Waals surface area contributed by atoms with Crippen molar-refractivity contribution in [2.24, 2.45) is 0 Å². The van der Waals surface area contributed by atoms with Crippen molar-refractivity contribution in [3.63, 3.8) is 0 Å². The molecular formula is C18H22N2O3S. The van der Waals surface area contributed by atoms with Gasteiger partial charge in [-0.25, -0.2) is 4.79 Å². The Morgan fingerprint density at radius 1 is 1.17 bits per heavy atom. The average molecular weight is 346 g/mol. The van der Waals surface area contributed by atoms with Crippen LogP contribution >= 0.6 is 0 Å². The Bertz CT molecular complexity index is 692. The number of urea groups is 1. The number of hydrogen-bond donors (Lipinski definition) is 2. The van der Waals surface area contributed by atoms with Gasteiger partial charge in [-0.05, 0) is 36.8 Å². The molecule has 0 fully saturated rings. The molecule has 2 amide bonds. The lowest BCUT2D eigenvalue weighted by Crippen LogP contribution is -2.38.